The van der Waals surface area contributed by atoms with E-state index in [1.807, 2.05) is 6.07 Å². The first-order chi connectivity index (χ1) is 10.1. The fourth-order valence-electron chi connectivity index (χ4n) is 2.29. The topological polar surface area (TPSA) is 70.4 Å². The average Bonchev–Trinajstić information content (AvgIpc) is 2.96. The molecule has 1 heterocycles. The molecule has 1 atom stereocenters. The maximum Gasteiger partial charge on any atom is 0.244 e. The van der Waals surface area contributed by atoms with Crippen molar-refractivity contribution in [2.24, 2.45) is 0 Å². The van der Waals surface area contributed by atoms with Crippen LogP contribution in [0.15, 0.2) is 33.6 Å². The Morgan fingerprint density at radius 2 is 2.19 bits per heavy atom. The number of hydrogen-bond donors (Lipinski definition) is 0. The van der Waals surface area contributed by atoms with E-state index in [4.69, 9.17) is 10.00 Å². The van der Waals surface area contributed by atoms with Gasteiger partial charge in [0.25, 0.3) is 0 Å². The number of nitriles is 1. The number of ether oxygens (including phenoxy) is 1. The summed E-state index contributed by atoms with van der Waals surface area (Å²) in [6.45, 7) is 1.15. The zero-order valence-corrected chi connectivity index (χ0v) is 13.9. The van der Waals surface area contributed by atoms with E-state index < -0.39 is 10.0 Å². The smallest absolute Gasteiger partial charge is 0.244 e. The van der Waals surface area contributed by atoms with Crippen molar-refractivity contribution in [3.63, 3.8) is 0 Å². The number of rotatable bonds is 6. The summed E-state index contributed by atoms with van der Waals surface area (Å²) in [4.78, 5) is 0.223. The van der Waals surface area contributed by atoms with Crippen LogP contribution in [0.1, 0.15) is 19.3 Å². The molecule has 5 nitrogen and oxygen atoms in total. The number of benzene rings is 1. The summed E-state index contributed by atoms with van der Waals surface area (Å²) >= 11 is 3.28. The Morgan fingerprint density at radius 1 is 1.43 bits per heavy atom. The Balaban J connectivity index is 2.25. The lowest BCUT2D eigenvalue weighted by molar-refractivity contribution is 0.0941. The highest BCUT2D eigenvalue weighted by Gasteiger charge is 2.29. The third kappa shape index (κ3) is 4.04. The monoisotopic (exact) mass is 372 g/mol. The summed E-state index contributed by atoms with van der Waals surface area (Å²) in [6, 6.07) is 8.72. The first-order valence-electron chi connectivity index (χ1n) is 6.79. The molecule has 0 saturated carbocycles. The van der Waals surface area contributed by atoms with E-state index in [2.05, 4.69) is 15.9 Å². The maximum absolute atomic E-state index is 12.8. The van der Waals surface area contributed by atoms with E-state index in [0.29, 0.717) is 17.6 Å². The minimum absolute atomic E-state index is 0.0824. The standard InChI is InChI=1S/C14H17BrN2O3S/c15-13-6-1-2-7-14(13)21(18,19)17(9-4-8-16)11-12-5-3-10-20-12/h1-2,6-7,12H,3-5,9-11H2. The Hall–Kier alpha value is -0.940. The molecule has 7 heteroatoms. The van der Waals surface area contributed by atoms with E-state index >= 15 is 0 Å². The number of nitrogens with zero attached hydrogens (tertiary/aromatic N) is 2. The first-order valence-corrected chi connectivity index (χ1v) is 9.02. The van der Waals surface area contributed by atoms with Crippen LogP contribution in [0, 0.1) is 11.3 Å². The Kier molecular flexibility index (Phi) is 5.76. The fraction of sp³-hybridized carbons (Fsp3) is 0.500. The highest BCUT2D eigenvalue weighted by Crippen LogP contribution is 2.26. The van der Waals surface area contributed by atoms with Crippen molar-refractivity contribution in [1.29, 1.82) is 5.26 Å². The molecule has 0 bridgehead atoms. The van der Waals surface area contributed by atoms with Gasteiger partial charge < -0.3 is 4.74 Å². The molecule has 0 aliphatic carbocycles. The highest BCUT2D eigenvalue weighted by molar-refractivity contribution is 9.10. The van der Waals surface area contributed by atoms with Gasteiger partial charge in [0.15, 0.2) is 0 Å². The zero-order valence-electron chi connectivity index (χ0n) is 11.5. The fourth-order valence-corrected chi connectivity index (χ4v) is 4.73. The molecule has 21 heavy (non-hydrogen) atoms. The summed E-state index contributed by atoms with van der Waals surface area (Å²) in [5, 5.41) is 8.75. The molecule has 2 rings (SSSR count). The third-order valence-electron chi connectivity index (χ3n) is 3.36. The van der Waals surface area contributed by atoms with Crippen LogP contribution in [-0.2, 0) is 14.8 Å². The molecular formula is C14H17BrN2O3S. The van der Waals surface area contributed by atoms with Gasteiger partial charge in [0.05, 0.1) is 17.1 Å². The molecular weight excluding hydrogens is 356 g/mol. The Morgan fingerprint density at radius 3 is 2.81 bits per heavy atom. The van der Waals surface area contributed by atoms with Gasteiger partial charge in [-0.15, -0.1) is 0 Å². The van der Waals surface area contributed by atoms with E-state index in [1.165, 1.54) is 4.31 Å². The van der Waals surface area contributed by atoms with Crippen molar-refractivity contribution >= 4 is 26.0 Å². The SMILES string of the molecule is N#CCCN(CC1CCCO1)S(=O)(=O)c1ccccc1Br. The molecule has 114 valence electrons. The lowest BCUT2D eigenvalue weighted by Gasteiger charge is -2.24. The van der Waals surface area contributed by atoms with Gasteiger partial charge in [-0.25, -0.2) is 8.42 Å². The average molecular weight is 373 g/mol. The second kappa shape index (κ2) is 7.36. The van der Waals surface area contributed by atoms with E-state index in [1.54, 1.807) is 24.3 Å². The predicted octanol–water partition coefficient (Wildman–Crippen LogP) is 2.53. The van der Waals surface area contributed by atoms with Crippen LogP contribution in [0.4, 0.5) is 0 Å². The van der Waals surface area contributed by atoms with Crippen molar-refractivity contribution in [2.75, 3.05) is 19.7 Å². The van der Waals surface area contributed by atoms with Gasteiger partial charge in [-0.1, -0.05) is 12.1 Å². The van der Waals surface area contributed by atoms with Crippen molar-refractivity contribution in [2.45, 2.75) is 30.3 Å². The van der Waals surface area contributed by atoms with Crippen molar-refractivity contribution in [1.82, 2.24) is 4.31 Å². The van der Waals surface area contributed by atoms with Crippen LogP contribution >= 0.6 is 15.9 Å². The molecule has 1 aromatic carbocycles. The molecule has 0 spiro atoms. The van der Waals surface area contributed by atoms with Crippen LogP contribution < -0.4 is 0 Å². The van der Waals surface area contributed by atoms with Crippen LogP contribution in [0.2, 0.25) is 0 Å². The molecule has 0 aromatic heterocycles. The maximum atomic E-state index is 12.8. The molecule has 1 aliphatic heterocycles. The minimum atomic E-state index is -3.64. The quantitative estimate of drug-likeness (QED) is 0.768. The third-order valence-corrected chi connectivity index (χ3v) is 6.24. The van der Waals surface area contributed by atoms with Gasteiger partial charge in [-0.3, -0.25) is 0 Å². The van der Waals surface area contributed by atoms with Crippen LogP contribution in [0.3, 0.4) is 0 Å². The number of hydrogen-bond acceptors (Lipinski definition) is 4. The van der Waals surface area contributed by atoms with Crippen LogP contribution in [0.25, 0.3) is 0 Å². The van der Waals surface area contributed by atoms with Gasteiger partial charge in [0, 0.05) is 30.6 Å². The van der Waals surface area contributed by atoms with E-state index in [9.17, 15) is 8.42 Å². The Labute approximate surface area is 133 Å². The summed E-state index contributed by atoms with van der Waals surface area (Å²) in [7, 11) is -3.64. The summed E-state index contributed by atoms with van der Waals surface area (Å²) in [6.07, 6.45) is 1.89. The van der Waals surface area contributed by atoms with Crippen molar-refractivity contribution in [3.05, 3.63) is 28.7 Å². The van der Waals surface area contributed by atoms with Gasteiger partial charge in [0.2, 0.25) is 10.0 Å². The second-order valence-corrected chi connectivity index (χ2v) is 7.60. The van der Waals surface area contributed by atoms with Gasteiger partial charge in [0.1, 0.15) is 0 Å². The zero-order chi connectivity index (χ0) is 15.3. The predicted molar refractivity (Wildman–Crippen MR) is 82.1 cm³/mol. The van der Waals surface area contributed by atoms with Crippen LogP contribution in [0.5, 0.6) is 0 Å². The summed E-state index contributed by atoms with van der Waals surface area (Å²) in [5.74, 6) is 0. The lowest BCUT2D eigenvalue weighted by Crippen LogP contribution is -2.38. The van der Waals surface area contributed by atoms with E-state index in [-0.39, 0.29) is 24.0 Å². The summed E-state index contributed by atoms with van der Waals surface area (Å²) < 4.78 is 33.0. The molecule has 0 radical (unpaired) electrons. The minimum Gasteiger partial charge on any atom is -0.377 e. The van der Waals surface area contributed by atoms with Crippen LogP contribution in [-0.4, -0.2) is 38.5 Å². The number of sulfonamides is 1. The number of halogens is 1. The van der Waals surface area contributed by atoms with Crippen molar-refractivity contribution in [3.8, 4) is 6.07 Å². The van der Waals surface area contributed by atoms with Gasteiger partial charge in [-0.2, -0.15) is 9.57 Å². The first kappa shape index (κ1) is 16.4. The largest absolute Gasteiger partial charge is 0.377 e. The second-order valence-electron chi connectivity index (χ2n) is 4.84. The Bertz CT molecular complexity index is 621. The van der Waals surface area contributed by atoms with Crippen molar-refractivity contribution < 1.29 is 13.2 Å². The molecule has 1 aliphatic rings. The molecule has 0 amide bonds. The van der Waals surface area contributed by atoms with Gasteiger partial charge >= 0.3 is 0 Å². The normalized spacial score (nSPS) is 18.8. The molecule has 0 N–H and O–H groups in total. The molecule has 1 fully saturated rings. The summed E-state index contributed by atoms with van der Waals surface area (Å²) in [5.41, 5.74) is 0. The lowest BCUT2D eigenvalue weighted by atomic mass is 10.2. The van der Waals surface area contributed by atoms with Gasteiger partial charge in [-0.05, 0) is 40.9 Å². The molecule has 1 saturated heterocycles. The van der Waals surface area contributed by atoms with E-state index in [0.717, 1.165) is 12.8 Å². The highest BCUT2D eigenvalue weighted by atomic mass is 79.9. The molecule has 1 unspecified atom stereocenters. The molecule has 1 aromatic rings.